The Hall–Kier alpha value is -2.84. The first-order valence-corrected chi connectivity index (χ1v) is 12.2. The van der Waals surface area contributed by atoms with Crippen LogP contribution in [0.4, 0.5) is 5.69 Å². The van der Waals surface area contributed by atoms with E-state index in [0.29, 0.717) is 5.56 Å². The van der Waals surface area contributed by atoms with Crippen molar-refractivity contribution in [2.75, 3.05) is 0 Å². The van der Waals surface area contributed by atoms with Crippen molar-refractivity contribution in [3.63, 3.8) is 0 Å². The van der Waals surface area contributed by atoms with Crippen LogP contribution in [-0.2, 0) is 0 Å². The van der Waals surface area contributed by atoms with Gasteiger partial charge in [-0.25, -0.2) is 0 Å². The van der Waals surface area contributed by atoms with Crippen molar-refractivity contribution in [1.82, 2.24) is 0 Å². The zero-order valence-electron chi connectivity index (χ0n) is 16.4. The fourth-order valence-electron chi connectivity index (χ4n) is 3.68. The molecule has 4 rings (SSSR count). The summed E-state index contributed by atoms with van der Waals surface area (Å²) in [5.74, 6) is 2.02. The fourth-order valence-corrected chi connectivity index (χ4v) is 7.91. The predicted octanol–water partition coefficient (Wildman–Crippen LogP) is 6.05. The number of hydrogen-bond acceptors (Lipinski definition) is 2. The number of nitrogens with zero attached hydrogens (tertiary/aromatic N) is 1. The van der Waals surface area contributed by atoms with Crippen LogP contribution in [0.2, 0.25) is 10.0 Å². The molecule has 0 fully saturated rings. The van der Waals surface area contributed by atoms with Crippen molar-refractivity contribution in [1.29, 1.82) is 0 Å². The Morgan fingerprint density at radius 3 is 1.45 bits per heavy atom. The Labute approximate surface area is 191 Å². The number of hydrogen-bond donors (Lipinski definition) is 0. The van der Waals surface area contributed by atoms with E-state index < -0.39 is 11.8 Å². The Kier molecular flexibility index (Phi) is 6.29. The maximum absolute atomic E-state index is 11.9. The molecule has 0 bridgehead atoms. The second-order valence-electron chi connectivity index (χ2n) is 6.94. The van der Waals surface area contributed by atoms with Gasteiger partial charge >= 0.3 is 0 Å². The zero-order valence-corrected chi connectivity index (χ0v) is 18.8. The number of halogens is 2. The predicted molar refractivity (Wildman–Crippen MR) is 133 cm³/mol. The Morgan fingerprint density at radius 2 is 1.06 bits per heavy atom. The molecule has 4 aromatic carbocycles. The quantitative estimate of drug-likeness (QED) is 0.204. The average Bonchev–Trinajstić information content (AvgIpc) is 2.81. The van der Waals surface area contributed by atoms with Gasteiger partial charge in [0.15, 0.2) is 0 Å². The lowest BCUT2D eigenvalue weighted by molar-refractivity contribution is -0.385. The van der Waals surface area contributed by atoms with Crippen LogP contribution in [0.5, 0.6) is 0 Å². The standard InChI is InChI=1S/C25H18Cl2NO2P/c26-23-16-19(25(28(29)30)17-24(23)27)18-31(20-10-4-1-5-11-20,21-12-6-2-7-13-21)22-14-8-3-9-15-22/h1-18H. The molecule has 0 radical (unpaired) electrons. The molecule has 31 heavy (non-hydrogen) atoms. The van der Waals surface area contributed by atoms with Crippen molar-refractivity contribution in [3.8, 4) is 0 Å². The highest BCUT2D eigenvalue weighted by atomic mass is 35.5. The monoisotopic (exact) mass is 465 g/mol. The topological polar surface area (TPSA) is 43.1 Å². The summed E-state index contributed by atoms with van der Waals surface area (Å²) < 4.78 is 0. The van der Waals surface area contributed by atoms with Gasteiger partial charge in [-0.1, -0.05) is 114 Å². The van der Waals surface area contributed by atoms with Crippen LogP contribution in [0.1, 0.15) is 5.56 Å². The van der Waals surface area contributed by atoms with Crippen LogP contribution in [0, 0.1) is 10.1 Å². The van der Waals surface area contributed by atoms with Crippen molar-refractivity contribution >= 4 is 57.5 Å². The van der Waals surface area contributed by atoms with Gasteiger partial charge in [0, 0.05) is 6.07 Å². The van der Waals surface area contributed by atoms with E-state index in [1.165, 1.54) is 6.07 Å². The maximum Gasteiger partial charge on any atom is 0.278 e. The van der Waals surface area contributed by atoms with Crippen molar-refractivity contribution in [3.05, 3.63) is 129 Å². The molecule has 0 saturated carbocycles. The Morgan fingerprint density at radius 1 is 0.677 bits per heavy atom. The summed E-state index contributed by atoms with van der Waals surface area (Å²) in [6, 6.07) is 33.2. The second-order valence-corrected chi connectivity index (χ2v) is 11.0. The molecule has 0 aliphatic carbocycles. The highest BCUT2D eigenvalue weighted by Gasteiger charge is 2.27. The summed E-state index contributed by atoms with van der Waals surface area (Å²) >= 11 is 12.4. The lowest BCUT2D eigenvalue weighted by Crippen LogP contribution is -2.27. The van der Waals surface area contributed by atoms with Crippen molar-refractivity contribution < 1.29 is 4.92 Å². The van der Waals surface area contributed by atoms with E-state index in [9.17, 15) is 10.1 Å². The lowest BCUT2D eigenvalue weighted by Gasteiger charge is -2.28. The smallest absolute Gasteiger partial charge is 0.258 e. The van der Waals surface area contributed by atoms with E-state index in [-0.39, 0.29) is 15.7 Å². The van der Waals surface area contributed by atoms with Gasteiger partial charge in [0.2, 0.25) is 0 Å². The molecule has 3 nitrogen and oxygen atoms in total. The lowest BCUT2D eigenvalue weighted by atomic mass is 10.2. The van der Waals surface area contributed by atoms with Crippen LogP contribution in [-0.4, -0.2) is 10.7 Å². The molecule has 0 heterocycles. The van der Waals surface area contributed by atoms with Gasteiger partial charge in [-0.2, -0.15) is 0 Å². The van der Waals surface area contributed by atoms with Crippen LogP contribution in [0.25, 0.3) is 0 Å². The second kappa shape index (κ2) is 9.11. The molecule has 6 heteroatoms. The molecule has 0 N–H and O–H groups in total. The van der Waals surface area contributed by atoms with Gasteiger partial charge in [-0.3, -0.25) is 10.1 Å². The average molecular weight is 466 g/mol. The van der Waals surface area contributed by atoms with Crippen LogP contribution >= 0.6 is 30.1 Å². The highest BCUT2D eigenvalue weighted by Crippen LogP contribution is 2.45. The van der Waals surface area contributed by atoms with Crippen molar-refractivity contribution in [2.45, 2.75) is 0 Å². The van der Waals surface area contributed by atoms with Crippen LogP contribution in [0.3, 0.4) is 0 Å². The zero-order chi connectivity index (χ0) is 21.8. The number of benzene rings is 4. The molecule has 0 spiro atoms. The van der Waals surface area contributed by atoms with E-state index >= 15 is 0 Å². The molecule has 0 saturated heterocycles. The van der Waals surface area contributed by atoms with Crippen molar-refractivity contribution in [2.24, 2.45) is 0 Å². The molecule has 0 unspecified atom stereocenters. The summed E-state index contributed by atoms with van der Waals surface area (Å²) in [7, 11) is 0. The third kappa shape index (κ3) is 4.18. The summed E-state index contributed by atoms with van der Waals surface area (Å²) in [4.78, 5) is 11.5. The minimum absolute atomic E-state index is 0.0680. The van der Waals surface area contributed by atoms with E-state index in [1.54, 1.807) is 6.07 Å². The minimum atomic E-state index is -2.41. The molecular weight excluding hydrogens is 448 g/mol. The first-order valence-electron chi connectivity index (χ1n) is 9.57. The molecule has 4 aromatic rings. The van der Waals surface area contributed by atoms with Gasteiger partial charge in [-0.15, -0.1) is 0 Å². The van der Waals surface area contributed by atoms with E-state index in [1.807, 2.05) is 60.4 Å². The number of nitro groups is 1. The van der Waals surface area contributed by atoms with Gasteiger partial charge in [0.05, 0.1) is 20.5 Å². The molecule has 0 aliphatic rings. The van der Waals surface area contributed by atoms with E-state index in [4.69, 9.17) is 23.2 Å². The number of nitro benzene ring substituents is 1. The SMILES string of the molecule is O=[N+]([O-])c1cc(Cl)c(Cl)cc1C=P(c1ccccc1)(c1ccccc1)c1ccccc1. The summed E-state index contributed by atoms with van der Waals surface area (Å²) in [5.41, 5.74) is 0.380. The normalized spacial score (nSPS) is 11.2. The van der Waals surface area contributed by atoms with E-state index in [0.717, 1.165) is 15.9 Å². The minimum Gasteiger partial charge on any atom is -0.258 e. The first kappa shape index (κ1) is 21.4. The fraction of sp³-hybridized carbons (Fsp3) is 0. The van der Waals surface area contributed by atoms with Gasteiger partial charge in [0.25, 0.3) is 5.69 Å². The molecule has 0 atom stereocenters. The van der Waals surface area contributed by atoms with Crippen LogP contribution in [0.15, 0.2) is 103 Å². The molecule has 0 aliphatic heterocycles. The largest absolute Gasteiger partial charge is 0.278 e. The third-order valence-corrected chi connectivity index (χ3v) is 9.82. The summed E-state index contributed by atoms with van der Waals surface area (Å²) in [6.07, 6.45) is 0. The van der Waals surface area contributed by atoms with Gasteiger partial charge in [0.1, 0.15) is 0 Å². The van der Waals surface area contributed by atoms with Gasteiger partial charge in [-0.05, 0) is 34.7 Å². The number of rotatable bonds is 5. The Bertz CT molecular complexity index is 1170. The summed E-state index contributed by atoms with van der Waals surface area (Å²) in [6.45, 7) is -2.41. The van der Waals surface area contributed by atoms with Crippen LogP contribution < -0.4 is 15.9 Å². The molecular formula is C25H18Cl2NO2P. The molecule has 154 valence electrons. The third-order valence-electron chi connectivity index (χ3n) is 5.09. The molecule has 0 amide bonds. The van der Waals surface area contributed by atoms with Gasteiger partial charge < -0.3 is 0 Å². The molecule has 0 aromatic heterocycles. The van der Waals surface area contributed by atoms with E-state index in [2.05, 4.69) is 36.4 Å². The highest BCUT2D eigenvalue weighted by molar-refractivity contribution is 7.94. The maximum atomic E-state index is 11.9. The Balaban J connectivity index is 2.19. The first-order chi connectivity index (χ1) is 15.0. The summed E-state index contributed by atoms with van der Waals surface area (Å²) in [5, 5.41) is 15.6.